The predicted octanol–water partition coefficient (Wildman–Crippen LogP) is 0.625. The lowest BCUT2D eigenvalue weighted by molar-refractivity contribution is -0.155. The van der Waals surface area contributed by atoms with Gasteiger partial charge in [0.15, 0.2) is 0 Å². The van der Waals surface area contributed by atoms with Gasteiger partial charge in [-0.3, -0.25) is 9.69 Å². The Balaban J connectivity index is 2.84. The van der Waals surface area contributed by atoms with Gasteiger partial charge in [0, 0.05) is 25.2 Å². The maximum atomic E-state index is 12.1. The van der Waals surface area contributed by atoms with E-state index in [4.69, 9.17) is 15.2 Å². The van der Waals surface area contributed by atoms with E-state index in [1.54, 1.807) is 0 Å². The van der Waals surface area contributed by atoms with Crippen LogP contribution in [0.4, 0.5) is 0 Å². The number of nitrogens with two attached hydrogens (primary N) is 1. The highest BCUT2D eigenvalue weighted by molar-refractivity contribution is 5.74. The zero-order chi connectivity index (χ0) is 13.6. The first kappa shape index (κ1) is 15.4. The Morgan fingerprint density at radius 3 is 2.50 bits per heavy atom. The molecule has 0 aromatic carbocycles. The van der Waals surface area contributed by atoms with Crippen LogP contribution in [0.1, 0.15) is 27.2 Å². The van der Waals surface area contributed by atoms with Crippen molar-refractivity contribution in [1.29, 1.82) is 0 Å². The minimum Gasteiger partial charge on any atom is -0.466 e. The number of hydrogen-bond acceptors (Lipinski definition) is 5. The summed E-state index contributed by atoms with van der Waals surface area (Å²) in [5.74, 6) is -0.462. The average molecular weight is 258 g/mol. The highest BCUT2D eigenvalue weighted by Gasteiger charge is 2.42. The Bertz CT molecular complexity index is 267. The molecule has 1 rings (SSSR count). The molecule has 2 N–H and O–H groups in total. The topological polar surface area (TPSA) is 64.8 Å². The Morgan fingerprint density at radius 2 is 2.06 bits per heavy atom. The molecule has 5 nitrogen and oxygen atoms in total. The fourth-order valence-corrected chi connectivity index (χ4v) is 2.61. The molecule has 1 saturated heterocycles. The molecule has 106 valence electrons. The first-order chi connectivity index (χ1) is 8.60. The van der Waals surface area contributed by atoms with Gasteiger partial charge in [-0.15, -0.1) is 0 Å². The number of carbonyl (C=O) groups is 1. The van der Waals surface area contributed by atoms with Gasteiger partial charge in [0.25, 0.3) is 0 Å². The maximum Gasteiger partial charge on any atom is 0.312 e. The van der Waals surface area contributed by atoms with Crippen molar-refractivity contribution >= 4 is 5.97 Å². The second kappa shape index (κ2) is 7.07. The summed E-state index contributed by atoms with van der Waals surface area (Å²) in [6.07, 6.45) is 0.869. The molecule has 1 fully saturated rings. The Hall–Kier alpha value is -0.650. The smallest absolute Gasteiger partial charge is 0.312 e. The van der Waals surface area contributed by atoms with E-state index in [2.05, 4.69) is 18.7 Å². The zero-order valence-corrected chi connectivity index (χ0v) is 11.8. The minimum atomic E-state index is -0.277. The lowest BCUT2D eigenvalue weighted by Crippen LogP contribution is -2.59. The van der Waals surface area contributed by atoms with E-state index in [0.29, 0.717) is 13.2 Å². The standard InChI is InChI=1S/C13H26N2O3/c1-4-13(3,15-6-8-17-9-7-15)11(10-14)12(16)18-5-2/h11H,4-10,14H2,1-3H3/t11-,13-/m1/s1. The molecular formula is C13H26N2O3. The van der Waals surface area contributed by atoms with Gasteiger partial charge in [-0.05, 0) is 20.3 Å². The second-order valence-corrected chi connectivity index (χ2v) is 4.85. The van der Waals surface area contributed by atoms with Gasteiger partial charge in [0.1, 0.15) is 0 Å². The molecule has 2 atom stereocenters. The molecule has 0 radical (unpaired) electrons. The van der Waals surface area contributed by atoms with Crippen molar-refractivity contribution in [3.8, 4) is 0 Å². The normalized spacial score (nSPS) is 22.2. The number of hydrogen-bond donors (Lipinski definition) is 1. The van der Waals surface area contributed by atoms with E-state index in [0.717, 1.165) is 32.7 Å². The highest BCUT2D eigenvalue weighted by Crippen LogP contribution is 2.30. The van der Waals surface area contributed by atoms with Crippen LogP contribution in [0.3, 0.4) is 0 Å². The molecule has 0 aromatic heterocycles. The van der Waals surface area contributed by atoms with E-state index in [1.807, 2.05) is 6.92 Å². The largest absolute Gasteiger partial charge is 0.466 e. The number of rotatable bonds is 6. The first-order valence-electron chi connectivity index (χ1n) is 6.79. The number of esters is 1. The third-order valence-electron chi connectivity index (χ3n) is 4.01. The molecule has 0 amide bonds. The maximum absolute atomic E-state index is 12.1. The lowest BCUT2D eigenvalue weighted by Gasteiger charge is -2.46. The van der Waals surface area contributed by atoms with Crippen molar-refractivity contribution in [2.75, 3.05) is 39.5 Å². The molecule has 0 bridgehead atoms. The van der Waals surface area contributed by atoms with E-state index >= 15 is 0 Å². The summed E-state index contributed by atoms with van der Waals surface area (Å²) in [6, 6.07) is 0. The van der Waals surface area contributed by atoms with Crippen LogP contribution in [0.15, 0.2) is 0 Å². The van der Waals surface area contributed by atoms with Gasteiger partial charge < -0.3 is 15.2 Å². The zero-order valence-electron chi connectivity index (χ0n) is 11.8. The van der Waals surface area contributed by atoms with Crippen molar-refractivity contribution in [3.63, 3.8) is 0 Å². The van der Waals surface area contributed by atoms with Gasteiger partial charge in [-0.2, -0.15) is 0 Å². The summed E-state index contributed by atoms with van der Waals surface area (Å²) in [5, 5.41) is 0. The monoisotopic (exact) mass is 258 g/mol. The molecule has 1 aliphatic rings. The number of morpholine rings is 1. The molecule has 0 unspecified atom stereocenters. The van der Waals surface area contributed by atoms with Crippen molar-refractivity contribution < 1.29 is 14.3 Å². The highest BCUT2D eigenvalue weighted by atomic mass is 16.5. The van der Waals surface area contributed by atoms with E-state index in [-0.39, 0.29) is 17.4 Å². The van der Waals surface area contributed by atoms with Crippen molar-refractivity contribution in [3.05, 3.63) is 0 Å². The molecule has 5 heteroatoms. The fraction of sp³-hybridized carbons (Fsp3) is 0.923. The van der Waals surface area contributed by atoms with Gasteiger partial charge in [0.05, 0.1) is 25.7 Å². The fourth-order valence-electron chi connectivity index (χ4n) is 2.61. The molecule has 0 spiro atoms. The van der Waals surface area contributed by atoms with Crippen LogP contribution in [0.2, 0.25) is 0 Å². The Labute approximate surface area is 110 Å². The van der Waals surface area contributed by atoms with Gasteiger partial charge in [0.2, 0.25) is 0 Å². The molecule has 1 aliphatic heterocycles. The number of carbonyl (C=O) groups excluding carboxylic acids is 1. The molecule has 0 saturated carbocycles. The summed E-state index contributed by atoms with van der Waals surface area (Å²) in [7, 11) is 0. The first-order valence-corrected chi connectivity index (χ1v) is 6.79. The van der Waals surface area contributed by atoms with Crippen LogP contribution >= 0.6 is 0 Å². The quantitative estimate of drug-likeness (QED) is 0.708. The van der Waals surface area contributed by atoms with Crippen LogP contribution in [-0.4, -0.2) is 55.9 Å². The van der Waals surface area contributed by atoms with Gasteiger partial charge in [-0.1, -0.05) is 6.92 Å². The average Bonchev–Trinajstić information content (AvgIpc) is 2.40. The second-order valence-electron chi connectivity index (χ2n) is 4.85. The van der Waals surface area contributed by atoms with Crippen LogP contribution in [0, 0.1) is 5.92 Å². The lowest BCUT2D eigenvalue weighted by atomic mass is 9.81. The van der Waals surface area contributed by atoms with Crippen LogP contribution < -0.4 is 5.73 Å². The predicted molar refractivity (Wildman–Crippen MR) is 70.3 cm³/mol. The third kappa shape index (κ3) is 3.22. The number of nitrogens with zero attached hydrogens (tertiary/aromatic N) is 1. The SMILES string of the molecule is CCOC(=O)[C@@H](CN)[C@@](C)(CC)N1CCOCC1. The third-order valence-corrected chi connectivity index (χ3v) is 4.01. The van der Waals surface area contributed by atoms with Crippen molar-refractivity contribution in [1.82, 2.24) is 4.90 Å². The van der Waals surface area contributed by atoms with Gasteiger partial charge in [-0.25, -0.2) is 0 Å². The Kier molecular flexibility index (Phi) is 6.05. The van der Waals surface area contributed by atoms with E-state index < -0.39 is 0 Å². The van der Waals surface area contributed by atoms with Crippen LogP contribution in [0.25, 0.3) is 0 Å². The minimum absolute atomic E-state index is 0.184. The molecule has 0 aliphatic carbocycles. The molecule has 0 aromatic rings. The Morgan fingerprint density at radius 1 is 1.44 bits per heavy atom. The number of ether oxygens (including phenoxy) is 2. The summed E-state index contributed by atoms with van der Waals surface area (Å²) in [4.78, 5) is 14.4. The molecule has 18 heavy (non-hydrogen) atoms. The summed E-state index contributed by atoms with van der Waals surface area (Å²) < 4.78 is 10.5. The molecular weight excluding hydrogens is 232 g/mol. The van der Waals surface area contributed by atoms with E-state index in [1.165, 1.54) is 0 Å². The van der Waals surface area contributed by atoms with Gasteiger partial charge >= 0.3 is 5.97 Å². The summed E-state index contributed by atoms with van der Waals surface area (Å²) >= 11 is 0. The molecule has 1 heterocycles. The van der Waals surface area contributed by atoms with Crippen molar-refractivity contribution in [2.45, 2.75) is 32.7 Å². The van der Waals surface area contributed by atoms with Crippen LogP contribution in [-0.2, 0) is 14.3 Å². The van der Waals surface area contributed by atoms with Crippen molar-refractivity contribution in [2.24, 2.45) is 11.7 Å². The van der Waals surface area contributed by atoms with Crippen LogP contribution in [0.5, 0.6) is 0 Å². The van der Waals surface area contributed by atoms with E-state index in [9.17, 15) is 4.79 Å². The summed E-state index contributed by atoms with van der Waals surface area (Å²) in [6.45, 7) is 9.87. The summed E-state index contributed by atoms with van der Waals surface area (Å²) in [5.41, 5.74) is 5.57.